The van der Waals surface area contributed by atoms with Gasteiger partial charge >= 0.3 is 12.3 Å². The third-order valence-corrected chi connectivity index (χ3v) is 2.54. The lowest BCUT2D eigenvalue weighted by molar-refractivity contribution is -0.177. The van der Waals surface area contributed by atoms with Crippen LogP contribution in [0.15, 0.2) is 0 Å². The second-order valence-electron chi connectivity index (χ2n) is 3.55. The quantitative estimate of drug-likeness (QED) is 0.745. The summed E-state index contributed by atoms with van der Waals surface area (Å²) in [5.74, 6) is 0. The highest BCUT2D eigenvalue weighted by atomic mass is 19.4. The molecule has 0 saturated carbocycles. The fraction of sp³-hybridized carbons (Fsp3) is 0.875. The molecule has 2 atom stereocenters. The lowest BCUT2D eigenvalue weighted by Crippen LogP contribution is -2.52. The standard InChI is InChI=1S/C8H13F3N2O2/c1-5(8(9,10)11)13(7(14)15)6-2-3-12-4-6/h5-6,12H,2-4H2,1H3,(H,14,15)/t5?,6-/m0/s1. The van der Waals surface area contributed by atoms with Gasteiger partial charge in [-0.25, -0.2) is 4.79 Å². The van der Waals surface area contributed by atoms with E-state index in [1.165, 1.54) is 0 Å². The molecule has 1 saturated heterocycles. The molecule has 1 aliphatic heterocycles. The van der Waals surface area contributed by atoms with Crippen molar-refractivity contribution in [1.29, 1.82) is 0 Å². The third-order valence-electron chi connectivity index (χ3n) is 2.54. The van der Waals surface area contributed by atoms with Gasteiger partial charge in [-0.2, -0.15) is 13.2 Å². The molecule has 1 rings (SSSR count). The minimum atomic E-state index is -4.51. The maximum absolute atomic E-state index is 12.4. The van der Waals surface area contributed by atoms with Crippen LogP contribution in [0.1, 0.15) is 13.3 Å². The van der Waals surface area contributed by atoms with Crippen molar-refractivity contribution in [3.8, 4) is 0 Å². The highest BCUT2D eigenvalue weighted by molar-refractivity contribution is 5.66. The highest BCUT2D eigenvalue weighted by Gasteiger charge is 2.45. The van der Waals surface area contributed by atoms with Crippen molar-refractivity contribution in [3.63, 3.8) is 0 Å². The van der Waals surface area contributed by atoms with Gasteiger partial charge in [0, 0.05) is 12.6 Å². The van der Waals surface area contributed by atoms with Gasteiger partial charge in [0.1, 0.15) is 6.04 Å². The van der Waals surface area contributed by atoms with Crippen molar-refractivity contribution >= 4 is 6.09 Å². The van der Waals surface area contributed by atoms with Gasteiger partial charge in [0.15, 0.2) is 0 Å². The summed E-state index contributed by atoms with van der Waals surface area (Å²) in [5.41, 5.74) is 0. The first-order valence-electron chi connectivity index (χ1n) is 4.62. The number of nitrogens with zero attached hydrogens (tertiary/aromatic N) is 1. The van der Waals surface area contributed by atoms with E-state index in [1.54, 1.807) is 0 Å². The molecule has 0 bridgehead atoms. The zero-order chi connectivity index (χ0) is 11.6. The van der Waals surface area contributed by atoms with Crippen LogP contribution in [0.4, 0.5) is 18.0 Å². The molecule has 0 radical (unpaired) electrons. The topological polar surface area (TPSA) is 52.6 Å². The first-order chi connectivity index (χ1) is 6.84. The summed E-state index contributed by atoms with van der Waals surface area (Å²) in [6.07, 6.45) is -5.61. The highest BCUT2D eigenvalue weighted by Crippen LogP contribution is 2.27. The van der Waals surface area contributed by atoms with Crippen LogP contribution in [0.5, 0.6) is 0 Å². The molecule has 1 unspecified atom stereocenters. The third kappa shape index (κ3) is 2.74. The SMILES string of the molecule is CC(N(C(=O)O)[C@H]1CCNC1)C(F)(F)F. The molecule has 0 spiro atoms. The molecular formula is C8H13F3N2O2. The molecule has 0 aromatic rings. The summed E-state index contributed by atoms with van der Waals surface area (Å²) in [6, 6.07) is -2.54. The van der Waals surface area contributed by atoms with Gasteiger partial charge in [-0.3, -0.25) is 4.90 Å². The Morgan fingerprint density at radius 2 is 2.20 bits per heavy atom. The van der Waals surface area contributed by atoms with Gasteiger partial charge in [0.2, 0.25) is 0 Å². The van der Waals surface area contributed by atoms with Gasteiger partial charge < -0.3 is 10.4 Å². The number of carbonyl (C=O) groups is 1. The zero-order valence-electron chi connectivity index (χ0n) is 8.21. The minimum absolute atomic E-state index is 0.284. The maximum atomic E-state index is 12.4. The van der Waals surface area contributed by atoms with Crippen LogP contribution < -0.4 is 5.32 Å². The Kier molecular flexibility index (Phi) is 3.43. The average Bonchev–Trinajstić information content (AvgIpc) is 2.54. The monoisotopic (exact) mass is 226 g/mol. The van der Waals surface area contributed by atoms with Crippen LogP contribution >= 0.6 is 0 Å². The summed E-state index contributed by atoms with van der Waals surface area (Å²) in [7, 11) is 0. The molecule has 2 N–H and O–H groups in total. The number of halogens is 3. The van der Waals surface area contributed by atoms with E-state index in [2.05, 4.69) is 5.32 Å². The van der Waals surface area contributed by atoms with Crippen LogP contribution in [-0.4, -0.2) is 47.4 Å². The molecule has 1 heterocycles. The largest absolute Gasteiger partial charge is 0.465 e. The van der Waals surface area contributed by atoms with Crippen LogP contribution in [0.3, 0.4) is 0 Å². The first-order valence-corrected chi connectivity index (χ1v) is 4.62. The fourth-order valence-corrected chi connectivity index (χ4v) is 1.67. The van der Waals surface area contributed by atoms with Gasteiger partial charge in [0.25, 0.3) is 0 Å². The van der Waals surface area contributed by atoms with E-state index in [0.29, 0.717) is 17.9 Å². The Morgan fingerprint density at radius 1 is 1.60 bits per heavy atom. The van der Waals surface area contributed by atoms with E-state index in [4.69, 9.17) is 5.11 Å². The maximum Gasteiger partial charge on any atom is 0.408 e. The van der Waals surface area contributed by atoms with Crippen LogP contribution in [0, 0.1) is 0 Å². The Balaban J connectivity index is 2.77. The van der Waals surface area contributed by atoms with Crippen molar-refractivity contribution in [3.05, 3.63) is 0 Å². The number of hydrogen-bond acceptors (Lipinski definition) is 2. The molecule has 0 aromatic heterocycles. The molecule has 88 valence electrons. The second kappa shape index (κ2) is 4.26. The van der Waals surface area contributed by atoms with Crippen molar-refractivity contribution in [2.75, 3.05) is 13.1 Å². The number of amides is 1. The molecule has 1 amide bonds. The molecule has 0 aromatic carbocycles. The number of alkyl halides is 3. The van der Waals surface area contributed by atoms with Crippen LogP contribution in [-0.2, 0) is 0 Å². The normalized spacial score (nSPS) is 23.9. The van der Waals surface area contributed by atoms with Gasteiger partial charge in [-0.1, -0.05) is 0 Å². The number of rotatable bonds is 2. The van der Waals surface area contributed by atoms with E-state index >= 15 is 0 Å². The van der Waals surface area contributed by atoms with Crippen LogP contribution in [0.2, 0.25) is 0 Å². The molecular weight excluding hydrogens is 213 g/mol. The fourth-order valence-electron chi connectivity index (χ4n) is 1.67. The van der Waals surface area contributed by atoms with Gasteiger partial charge in [0.05, 0.1) is 0 Å². The lowest BCUT2D eigenvalue weighted by atomic mass is 10.1. The Morgan fingerprint density at radius 3 is 2.53 bits per heavy atom. The Labute approximate surface area is 85.1 Å². The van der Waals surface area contributed by atoms with Crippen molar-refractivity contribution in [2.45, 2.75) is 31.6 Å². The predicted octanol–water partition coefficient (Wildman–Crippen LogP) is 1.28. The van der Waals surface area contributed by atoms with Crippen molar-refractivity contribution < 1.29 is 23.1 Å². The molecule has 15 heavy (non-hydrogen) atoms. The van der Waals surface area contributed by atoms with E-state index in [9.17, 15) is 18.0 Å². The second-order valence-corrected chi connectivity index (χ2v) is 3.55. The number of carboxylic acid groups (broad SMARTS) is 1. The smallest absolute Gasteiger partial charge is 0.408 e. The predicted molar refractivity (Wildman–Crippen MR) is 46.7 cm³/mol. The summed E-state index contributed by atoms with van der Waals surface area (Å²) >= 11 is 0. The summed E-state index contributed by atoms with van der Waals surface area (Å²) in [4.78, 5) is 11.3. The minimum Gasteiger partial charge on any atom is -0.465 e. The van der Waals surface area contributed by atoms with Crippen molar-refractivity contribution in [2.24, 2.45) is 0 Å². The van der Waals surface area contributed by atoms with Crippen LogP contribution in [0.25, 0.3) is 0 Å². The molecule has 0 aliphatic carbocycles. The molecule has 4 nitrogen and oxygen atoms in total. The first kappa shape index (κ1) is 12.1. The van der Waals surface area contributed by atoms with Gasteiger partial charge in [-0.05, 0) is 19.9 Å². The molecule has 1 fully saturated rings. The number of nitrogens with one attached hydrogen (secondary N) is 1. The van der Waals surface area contributed by atoms with E-state index in [1.807, 2.05) is 0 Å². The summed E-state index contributed by atoms with van der Waals surface area (Å²) in [5, 5.41) is 11.6. The van der Waals surface area contributed by atoms with Crippen molar-refractivity contribution in [1.82, 2.24) is 10.2 Å². The Bertz CT molecular complexity index is 239. The Hall–Kier alpha value is -0.980. The lowest BCUT2D eigenvalue weighted by Gasteiger charge is -2.32. The molecule has 1 aliphatic rings. The zero-order valence-corrected chi connectivity index (χ0v) is 8.21. The average molecular weight is 226 g/mol. The number of hydrogen-bond donors (Lipinski definition) is 2. The van der Waals surface area contributed by atoms with E-state index in [-0.39, 0.29) is 6.54 Å². The van der Waals surface area contributed by atoms with Gasteiger partial charge in [-0.15, -0.1) is 0 Å². The summed E-state index contributed by atoms with van der Waals surface area (Å²) < 4.78 is 37.2. The van der Waals surface area contributed by atoms with E-state index in [0.717, 1.165) is 6.92 Å². The van der Waals surface area contributed by atoms with E-state index < -0.39 is 24.4 Å². The molecule has 7 heteroatoms. The summed E-state index contributed by atoms with van der Waals surface area (Å²) in [6.45, 7) is 1.71.